The van der Waals surface area contributed by atoms with Gasteiger partial charge in [0.25, 0.3) is 0 Å². The van der Waals surface area contributed by atoms with Crippen molar-refractivity contribution in [3.63, 3.8) is 0 Å². The van der Waals surface area contributed by atoms with Gasteiger partial charge in [-0.05, 0) is 19.4 Å². The maximum atomic E-state index is 13.4. The van der Waals surface area contributed by atoms with E-state index in [2.05, 4.69) is 0 Å². The topological polar surface area (TPSA) is 27.7 Å². The van der Waals surface area contributed by atoms with Gasteiger partial charge in [0, 0.05) is 5.56 Å². The summed E-state index contributed by atoms with van der Waals surface area (Å²) in [6.45, 7) is 5.10. The van der Waals surface area contributed by atoms with Gasteiger partial charge in [-0.25, -0.2) is 4.39 Å². The lowest BCUT2D eigenvalue weighted by molar-refractivity contribution is -0.263. The molecule has 1 heterocycles. The lowest BCUT2D eigenvalue weighted by Crippen LogP contribution is -2.46. The van der Waals surface area contributed by atoms with Gasteiger partial charge in [0.1, 0.15) is 11.4 Å². The second-order valence-electron chi connectivity index (χ2n) is 4.79. The summed E-state index contributed by atoms with van der Waals surface area (Å²) >= 11 is 0. The molecule has 4 heteroatoms. The van der Waals surface area contributed by atoms with Gasteiger partial charge in [0.2, 0.25) is 0 Å². The van der Waals surface area contributed by atoms with Gasteiger partial charge in [-0.3, -0.25) is 0 Å². The van der Waals surface area contributed by atoms with Gasteiger partial charge in [0.05, 0.1) is 19.8 Å². The van der Waals surface area contributed by atoms with E-state index in [9.17, 15) is 4.39 Å². The molecule has 0 bridgehead atoms. The summed E-state index contributed by atoms with van der Waals surface area (Å²) in [5.41, 5.74) is 0.0462. The molecule has 1 aromatic rings. The summed E-state index contributed by atoms with van der Waals surface area (Å²) in [4.78, 5) is 0. The van der Waals surface area contributed by atoms with Crippen LogP contribution in [0.2, 0.25) is 0 Å². The third-order valence-electron chi connectivity index (χ3n) is 3.02. The van der Waals surface area contributed by atoms with Crippen LogP contribution in [0.4, 0.5) is 4.39 Å². The van der Waals surface area contributed by atoms with Crippen molar-refractivity contribution in [3.05, 3.63) is 35.6 Å². The Morgan fingerprint density at radius 3 is 2.61 bits per heavy atom. The fraction of sp³-hybridized carbons (Fsp3) is 0.571. The number of hydrogen-bond acceptors (Lipinski definition) is 3. The largest absolute Gasteiger partial charge is 0.366 e. The van der Waals surface area contributed by atoms with Gasteiger partial charge in [0.15, 0.2) is 6.29 Å². The molecule has 18 heavy (non-hydrogen) atoms. The van der Waals surface area contributed by atoms with Gasteiger partial charge in [-0.2, -0.15) is 0 Å². The first-order valence-electron chi connectivity index (χ1n) is 6.23. The summed E-state index contributed by atoms with van der Waals surface area (Å²) in [5, 5.41) is 0. The normalized spacial score (nSPS) is 28.3. The van der Waals surface area contributed by atoms with Crippen molar-refractivity contribution in [1.82, 2.24) is 0 Å². The first-order valence-corrected chi connectivity index (χ1v) is 6.23. The van der Waals surface area contributed by atoms with Crippen molar-refractivity contribution in [3.8, 4) is 0 Å². The second-order valence-corrected chi connectivity index (χ2v) is 4.79. The Morgan fingerprint density at radius 1 is 1.33 bits per heavy atom. The Balaban J connectivity index is 1.88. The van der Waals surface area contributed by atoms with Crippen molar-refractivity contribution in [2.75, 3.05) is 13.2 Å². The number of benzene rings is 1. The first-order chi connectivity index (χ1) is 8.63. The van der Waals surface area contributed by atoms with Crippen LogP contribution in [0, 0.1) is 5.82 Å². The van der Waals surface area contributed by atoms with Crippen molar-refractivity contribution >= 4 is 0 Å². The van der Waals surface area contributed by atoms with E-state index in [1.165, 1.54) is 6.07 Å². The zero-order valence-corrected chi connectivity index (χ0v) is 10.8. The number of ether oxygens (including phenoxy) is 3. The summed E-state index contributed by atoms with van der Waals surface area (Å²) in [7, 11) is 0. The molecule has 0 N–H and O–H groups in total. The van der Waals surface area contributed by atoms with Crippen LogP contribution < -0.4 is 0 Å². The molecule has 0 atom stereocenters. The Hall–Kier alpha value is -0.970. The van der Waals surface area contributed by atoms with Crippen LogP contribution in [-0.4, -0.2) is 25.1 Å². The van der Waals surface area contributed by atoms with E-state index in [-0.39, 0.29) is 18.7 Å². The van der Waals surface area contributed by atoms with Crippen LogP contribution in [-0.2, 0) is 20.8 Å². The molecular formula is C14H19FO3. The molecule has 100 valence electrons. The molecule has 0 aromatic heterocycles. The Bertz CT molecular complexity index is 386. The van der Waals surface area contributed by atoms with Gasteiger partial charge in [-0.15, -0.1) is 0 Å². The van der Waals surface area contributed by atoms with E-state index in [1.807, 2.05) is 13.8 Å². The predicted molar refractivity (Wildman–Crippen MR) is 65.6 cm³/mol. The number of halogens is 1. The smallest absolute Gasteiger partial charge is 0.157 e. The van der Waals surface area contributed by atoms with Crippen molar-refractivity contribution in [2.45, 2.75) is 38.8 Å². The lowest BCUT2D eigenvalue weighted by Gasteiger charge is -2.37. The average Bonchev–Trinajstić information content (AvgIpc) is 2.39. The standard InChI is InChI=1S/C14H19FO3/c1-3-13-16-9-14(2,10-17-13)18-8-11-6-4-5-7-12(11)15/h4-7,13H,3,8-10H2,1-2H3/t13-,14-. The zero-order valence-electron chi connectivity index (χ0n) is 10.8. The minimum Gasteiger partial charge on any atom is -0.366 e. The van der Waals surface area contributed by atoms with E-state index in [4.69, 9.17) is 14.2 Å². The predicted octanol–water partition coefficient (Wildman–Crippen LogP) is 2.88. The molecular weight excluding hydrogens is 235 g/mol. The third-order valence-corrected chi connectivity index (χ3v) is 3.02. The molecule has 0 aliphatic carbocycles. The molecule has 1 aliphatic heterocycles. The van der Waals surface area contributed by atoms with Gasteiger partial charge >= 0.3 is 0 Å². The summed E-state index contributed by atoms with van der Waals surface area (Å²) in [5.74, 6) is -0.245. The fourth-order valence-electron chi connectivity index (χ4n) is 1.81. The number of rotatable bonds is 4. The first kappa shape index (κ1) is 13.5. The Labute approximate surface area is 107 Å². The summed E-state index contributed by atoms with van der Waals surface area (Å²) < 4.78 is 30.2. The molecule has 0 unspecified atom stereocenters. The van der Waals surface area contributed by atoms with E-state index in [0.29, 0.717) is 18.8 Å². The monoisotopic (exact) mass is 254 g/mol. The third kappa shape index (κ3) is 3.28. The molecule has 0 amide bonds. The van der Waals surface area contributed by atoms with Gasteiger partial charge < -0.3 is 14.2 Å². The SMILES string of the molecule is CC[C@H]1OC[C@](C)(OCc2ccccc2F)CO1. The molecule has 1 aliphatic rings. The molecule has 0 saturated carbocycles. The van der Waals surface area contributed by atoms with E-state index in [1.54, 1.807) is 18.2 Å². The minimum absolute atomic E-state index is 0.143. The van der Waals surface area contributed by atoms with Crippen molar-refractivity contribution in [1.29, 1.82) is 0 Å². The van der Waals surface area contributed by atoms with E-state index < -0.39 is 5.60 Å². The number of hydrogen-bond donors (Lipinski definition) is 0. The quantitative estimate of drug-likeness (QED) is 0.827. The minimum atomic E-state index is -0.506. The highest BCUT2D eigenvalue weighted by molar-refractivity contribution is 5.16. The molecule has 1 fully saturated rings. The van der Waals surface area contributed by atoms with Crippen LogP contribution in [0.15, 0.2) is 24.3 Å². The maximum absolute atomic E-state index is 13.4. The lowest BCUT2D eigenvalue weighted by atomic mass is 10.1. The molecule has 3 nitrogen and oxygen atoms in total. The fourth-order valence-corrected chi connectivity index (χ4v) is 1.81. The van der Waals surface area contributed by atoms with E-state index >= 15 is 0 Å². The highest BCUT2D eigenvalue weighted by Gasteiger charge is 2.33. The van der Waals surface area contributed by atoms with Crippen molar-refractivity contribution < 1.29 is 18.6 Å². The van der Waals surface area contributed by atoms with Crippen LogP contribution in [0.25, 0.3) is 0 Å². The van der Waals surface area contributed by atoms with Gasteiger partial charge in [-0.1, -0.05) is 25.1 Å². The van der Waals surface area contributed by atoms with E-state index in [0.717, 1.165) is 6.42 Å². The molecule has 1 aromatic carbocycles. The highest BCUT2D eigenvalue weighted by atomic mass is 19.1. The molecule has 1 saturated heterocycles. The van der Waals surface area contributed by atoms with Crippen LogP contribution in [0.5, 0.6) is 0 Å². The zero-order chi connectivity index (χ0) is 13.0. The molecule has 2 rings (SSSR count). The summed E-state index contributed by atoms with van der Waals surface area (Å²) in [6.07, 6.45) is 0.679. The van der Waals surface area contributed by atoms with Crippen molar-refractivity contribution in [2.24, 2.45) is 0 Å². The maximum Gasteiger partial charge on any atom is 0.157 e. The summed E-state index contributed by atoms with van der Waals surface area (Å²) in [6, 6.07) is 6.62. The van der Waals surface area contributed by atoms with Crippen LogP contribution in [0.1, 0.15) is 25.8 Å². The highest BCUT2D eigenvalue weighted by Crippen LogP contribution is 2.22. The van der Waals surface area contributed by atoms with Crippen LogP contribution >= 0.6 is 0 Å². The second kappa shape index (κ2) is 5.78. The average molecular weight is 254 g/mol. The Morgan fingerprint density at radius 2 is 2.00 bits per heavy atom. The Kier molecular flexibility index (Phi) is 4.32. The van der Waals surface area contributed by atoms with Crippen LogP contribution in [0.3, 0.4) is 0 Å². The molecule has 0 radical (unpaired) electrons. The molecule has 0 spiro atoms.